The third-order valence-electron chi connectivity index (χ3n) is 3.88. The highest BCUT2D eigenvalue weighted by Gasteiger charge is 2.32. The number of benzene rings is 1. The fourth-order valence-corrected chi connectivity index (χ4v) is 2.99. The number of furan rings is 1. The first-order chi connectivity index (χ1) is 12.4. The molecule has 2 amide bonds. The van der Waals surface area contributed by atoms with Gasteiger partial charge in [-0.25, -0.2) is 0 Å². The lowest BCUT2D eigenvalue weighted by Gasteiger charge is -2.27. The monoisotopic (exact) mass is 386 g/mol. The maximum absolute atomic E-state index is 12.5. The van der Waals surface area contributed by atoms with Crippen molar-refractivity contribution in [3.63, 3.8) is 0 Å². The highest BCUT2D eigenvalue weighted by molar-refractivity contribution is 7.80. The fraction of sp³-hybridized carbons (Fsp3) is 0.105. The first kappa shape index (κ1) is 18.1. The Bertz CT molecular complexity index is 961. The molecule has 0 bridgehead atoms. The standard InChI is InChI=1S/C19H15ClN2O3S/c1-3-8-22-18(24)15(17(23)21-19(22)26)10-13-6-7-16(25-13)14-9-12(20)5-4-11(14)2/h3-7,9-10H,1,8H2,2H3,(H,21,23,26)/b15-10+. The normalized spacial score (nSPS) is 16.2. The molecule has 0 spiro atoms. The number of thiocarbonyl (C=S) groups is 1. The summed E-state index contributed by atoms with van der Waals surface area (Å²) in [6.45, 7) is 5.74. The topological polar surface area (TPSA) is 62.6 Å². The maximum atomic E-state index is 12.5. The van der Waals surface area contributed by atoms with Gasteiger partial charge in [-0.1, -0.05) is 23.7 Å². The number of aryl methyl sites for hydroxylation is 1. The van der Waals surface area contributed by atoms with Gasteiger partial charge in [0.1, 0.15) is 17.1 Å². The van der Waals surface area contributed by atoms with Gasteiger partial charge in [0.25, 0.3) is 11.8 Å². The predicted octanol–water partition coefficient (Wildman–Crippen LogP) is 3.72. The summed E-state index contributed by atoms with van der Waals surface area (Å²) in [6.07, 6.45) is 2.94. The molecule has 1 N–H and O–H groups in total. The lowest BCUT2D eigenvalue weighted by Crippen LogP contribution is -2.53. The van der Waals surface area contributed by atoms with Gasteiger partial charge in [-0.2, -0.15) is 0 Å². The lowest BCUT2D eigenvalue weighted by molar-refractivity contribution is -0.128. The van der Waals surface area contributed by atoms with E-state index in [1.54, 1.807) is 24.3 Å². The van der Waals surface area contributed by atoms with Gasteiger partial charge in [0.2, 0.25) is 0 Å². The SMILES string of the molecule is C=CCN1C(=O)/C(=C/c2ccc(-c3cc(Cl)ccc3C)o2)C(=O)NC1=S. The predicted molar refractivity (Wildman–Crippen MR) is 105 cm³/mol. The largest absolute Gasteiger partial charge is 0.457 e. The summed E-state index contributed by atoms with van der Waals surface area (Å²) in [6, 6.07) is 8.95. The lowest BCUT2D eigenvalue weighted by atomic mass is 10.1. The van der Waals surface area contributed by atoms with E-state index in [-0.39, 0.29) is 17.2 Å². The van der Waals surface area contributed by atoms with Crippen LogP contribution in [0.3, 0.4) is 0 Å². The van der Waals surface area contributed by atoms with E-state index < -0.39 is 11.8 Å². The van der Waals surface area contributed by atoms with Gasteiger partial charge >= 0.3 is 0 Å². The van der Waals surface area contributed by atoms with Crippen molar-refractivity contribution < 1.29 is 14.0 Å². The van der Waals surface area contributed by atoms with Crippen LogP contribution in [0.4, 0.5) is 0 Å². The van der Waals surface area contributed by atoms with E-state index >= 15 is 0 Å². The quantitative estimate of drug-likeness (QED) is 0.376. The van der Waals surface area contributed by atoms with Gasteiger partial charge in [0.15, 0.2) is 5.11 Å². The third kappa shape index (κ3) is 3.47. The molecule has 1 aliphatic rings. The molecule has 2 heterocycles. The molecule has 0 atom stereocenters. The summed E-state index contributed by atoms with van der Waals surface area (Å²) >= 11 is 11.1. The van der Waals surface area contributed by atoms with Crippen molar-refractivity contribution in [3.05, 3.63) is 64.9 Å². The van der Waals surface area contributed by atoms with E-state index in [0.717, 1.165) is 11.1 Å². The molecule has 0 saturated carbocycles. The van der Waals surface area contributed by atoms with Crippen molar-refractivity contribution in [2.24, 2.45) is 0 Å². The number of hydrogen-bond acceptors (Lipinski definition) is 4. The van der Waals surface area contributed by atoms with Crippen LogP contribution < -0.4 is 5.32 Å². The molecule has 1 aromatic heterocycles. The zero-order valence-corrected chi connectivity index (χ0v) is 15.5. The van der Waals surface area contributed by atoms with Gasteiger partial charge < -0.3 is 4.42 Å². The summed E-state index contributed by atoms with van der Waals surface area (Å²) in [5.74, 6) is -0.0732. The molecular formula is C19H15ClN2O3S. The Morgan fingerprint density at radius 3 is 2.81 bits per heavy atom. The molecule has 0 radical (unpaired) electrons. The number of rotatable bonds is 4. The second kappa shape index (κ2) is 7.27. The van der Waals surface area contributed by atoms with Crippen LogP contribution in [0.5, 0.6) is 0 Å². The molecular weight excluding hydrogens is 372 g/mol. The molecule has 0 unspecified atom stereocenters. The summed E-state index contributed by atoms with van der Waals surface area (Å²) in [4.78, 5) is 25.9. The number of hydrogen-bond donors (Lipinski definition) is 1. The fourth-order valence-electron chi connectivity index (χ4n) is 2.57. The van der Waals surface area contributed by atoms with E-state index in [0.29, 0.717) is 16.5 Å². The van der Waals surface area contributed by atoms with Crippen LogP contribution in [0.2, 0.25) is 5.02 Å². The van der Waals surface area contributed by atoms with Crippen LogP contribution >= 0.6 is 23.8 Å². The minimum absolute atomic E-state index is 0.0517. The van der Waals surface area contributed by atoms with Crippen LogP contribution in [-0.2, 0) is 9.59 Å². The van der Waals surface area contributed by atoms with Crippen molar-refractivity contribution in [3.8, 4) is 11.3 Å². The number of halogens is 1. The molecule has 5 nitrogen and oxygen atoms in total. The van der Waals surface area contributed by atoms with Crippen molar-refractivity contribution in [2.45, 2.75) is 6.92 Å². The molecule has 1 aliphatic heterocycles. The number of nitrogens with zero attached hydrogens (tertiary/aromatic N) is 1. The van der Waals surface area contributed by atoms with E-state index in [2.05, 4.69) is 11.9 Å². The zero-order valence-electron chi connectivity index (χ0n) is 13.9. The van der Waals surface area contributed by atoms with Gasteiger partial charge in [-0.05, 0) is 55.0 Å². The Hall–Kier alpha value is -2.70. The molecule has 1 aromatic carbocycles. The molecule has 132 valence electrons. The van der Waals surface area contributed by atoms with Gasteiger partial charge in [-0.15, -0.1) is 6.58 Å². The molecule has 3 rings (SSSR count). The minimum atomic E-state index is -0.558. The van der Waals surface area contributed by atoms with E-state index in [4.69, 9.17) is 28.2 Å². The summed E-state index contributed by atoms with van der Waals surface area (Å²) < 4.78 is 5.79. The van der Waals surface area contributed by atoms with E-state index in [1.165, 1.54) is 17.1 Å². The Kier molecular flexibility index (Phi) is 5.06. The number of carbonyl (C=O) groups excluding carboxylic acids is 2. The summed E-state index contributed by atoms with van der Waals surface area (Å²) in [5.41, 5.74) is 1.79. The number of amides is 2. The van der Waals surface area contributed by atoms with Gasteiger partial charge in [-0.3, -0.25) is 19.8 Å². The third-order valence-corrected chi connectivity index (χ3v) is 4.43. The van der Waals surface area contributed by atoms with E-state index in [9.17, 15) is 9.59 Å². The van der Waals surface area contributed by atoms with E-state index in [1.807, 2.05) is 13.0 Å². The van der Waals surface area contributed by atoms with Crippen LogP contribution in [0.15, 0.2) is 53.0 Å². The number of nitrogens with one attached hydrogen (secondary N) is 1. The molecule has 7 heteroatoms. The minimum Gasteiger partial charge on any atom is -0.457 e. The van der Waals surface area contributed by atoms with Crippen LogP contribution in [-0.4, -0.2) is 28.4 Å². The average Bonchev–Trinajstić information content (AvgIpc) is 3.06. The zero-order chi connectivity index (χ0) is 18.8. The van der Waals surface area contributed by atoms with Crippen molar-refractivity contribution in [1.29, 1.82) is 0 Å². The van der Waals surface area contributed by atoms with Crippen molar-refractivity contribution in [1.82, 2.24) is 10.2 Å². The van der Waals surface area contributed by atoms with Gasteiger partial charge in [0.05, 0.1) is 0 Å². The van der Waals surface area contributed by atoms with Crippen LogP contribution in [0, 0.1) is 6.92 Å². The Morgan fingerprint density at radius 1 is 1.31 bits per heavy atom. The molecule has 1 fully saturated rings. The molecule has 0 aliphatic carbocycles. The Balaban J connectivity index is 1.95. The smallest absolute Gasteiger partial charge is 0.266 e. The Labute approximate surface area is 160 Å². The first-order valence-electron chi connectivity index (χ1n) is 7.77. The first-order valence-corrected chi connectivity index (χ1v) is 8.55. The molecule has 26 heavy (non-hydrogen) atoms. The van der Waals surface area contributed by atoms with Gasteiger partial charge in [0, 0.05) is 17.1 Å². The maximum Gasteiger partial charge on any atom is 0.266 e. The van der Waals surface area contributed by atoms with Crippen LogP contribution in [0.25, 0.3) is 17.4 Å². The highest BCUT2D eigenvalue weighted by atomic mass is 35.5. The second-order valence-corrected chi connectivity index (χ2v) is 6.51. The Morgan fingerprint density at radius 2 is 2.08 bits per heavy atom. The van der Waals surface area contributed by atoms with Crippen molar-refractivity contribution in [2.75, 3.05) is 6.54 Å². The highest BCUT2D eigenvalue weighted by Crippen LogP contribution is 2.29. The number of carbonyl (C=O) groups is 2. The van der Waals surface area contributed by atoms with Crippen molar-refractivity contribution >= 4 is 46.8 Å². The molecule has 1 saturated heterocycles. The van der Waals surface area contributed by atoms with Crippen LogP contribution in [0.1, 0.15) is 11.3 Å². The molecule has 2 aromatic rings. The summed E-state index contributed by atoms with van der Waals surface area (Å²) in [5, 5.41) is 3.15. The average molecular weight is 387 g/mol. The summed E-state index contributed by atoms with van der Waals surface area (Å²) in [7, 11) is 0. The second-order valence-electron chi connectivity index (χ2n) is 5.68.